The summed E-state index contributed by atoms with van der Waals surface area (Å²) in [7, 11) is 3.64. The molecule has 90 valence electrons. The predicted octanol–water partition coefficient (Wildman–Crippen LogP) is 2.82. The third kappa shape index (κ3) is 5.63. The zero-order valence-corrected chi connectivity index (χ0v) is 12.0. The first-order valence-electron chi connectivity index (χ1n) is 5.29. The van der Waals surface area contributed by atoms with E-state index in [4.69, 9.17) is 0 Å². The summed E-state index contributed by atoms with van der Waals surface area (Å²) in [5.74, 6) is 0.0948. The maximum Gasteiger partial charge on any atom is 0.234 e. The van der Waals surface area contributed by atoms with Crippen LogP contribution >= 0.6 is 27.3 Å². The highest BCUT2D eigenvalue weighted by Crippen LogP contribution is 2.23. The van der Waals surface area contributed by atoms with Gasteiger partial charge in [0.2, 0.25) is 5.91 Å². The van der Waals surface area contributed by atoms with Crippen molar-refractivity contribution in [3.63, 3.8) is 0 Å². The van der Waals surface area contributed by atoms with Gasteiger partial charge in [0, 0.05) is 25.4 Å². The summed E-state index contributed by atoms with van der Waals surface area (Å²) in [5.41, 5.74) is 2.74. The van der Waals surface area contributed by atoms with Gasteiger partial charge in [-0.05, 0) is 47.3 Å². The average molecular weight is 305 g/mol. The molecule has 1 aromatic rings. The van der Waals surface area contributed by atoms with Gasteiger partial charge in [0.15, 0.2) is 0 Å². The smallest absolute Gasteiger partial charge is 0.234 e. The van der Waals surface area contributed by atoms with Gasteiger partial charge in [-0.15, -0.1) is 11.3 Å². The third-order valence-electron chi connectivity index (χ3n) is 2.05. The SMILES string of the molecule is CN(C)NC(=O)CCCCc1ccc(Br)s1. The van der Waals surface area contributed by atoms with Gasteiger partial charge in [-0.3, -0.25) is 10.2 Å². The van der Waals surface area contributed by atoms with E-state index < -0.39 is 0 Å². The quantitative estimate of drug-likeness (QED) is 0.647. The Hall–Kier alpha value is -0.390. The number of carbonyl (C=O) groups is 1. The van der Waals surface area contributed by atoms with Crippen LogP contribution in [0.5, 0.6) is 0 Å². The molecule has 0 fully saturated rings. The Kier molecular flexibility index (Phi) is 6.01. The van der Waals surface area contributed by atoms with Crippen LogP contribution < -0.4 is 5.43 Å². The molecular weight excluding hydrogens is 288 g/mol. The highest BCUT2D eigenvalue weighted by molar-refractivity contribution is 9.11. The molecule has 0 aliphatic heterocycles. The molecule has 1 N–H and O–H groups in total. The van der Waals surface area contributed by atoms with Gasteiger partial charge in [-0.1, -0.05) is 0 Å². The number of nitrogens with one attached hydrogen (secondary N) is 1. The Morgan fingerprint density at radius 2 is 2.19 bits per heavy atom. The Labute approximate surface area is 109 Å². The second-order valence-corrected chi connectivity index (χ2v) is 6.39. The number of hydrazine groups is 1. The van der Waals surface area contributed by atoms with E-state index in [-0.39, 0.29) is 5.91 Å². The number of unbranched alkanes of at least 4 members (excludes halogenated alkanes) is 1. The summed E-state index contributed by atoms with van der Waals surface area (Å²) in [4.78, 5) is 12.7. The fourth-order valence-electron chi connectivity index (χ4n) is 1.38. The largest absolute Gasteiger partial charge is 0.289 e. The minimum Gasteiger partial charge on any atom is -0.289 e. The molecule has 0 saturated heterocycles. The molecule has 5 heteroatoms. The molecule has 0 aliphatic carbocycles. The summed E-state index contributed by atoms with van der Waals surface area (Å²) in [5, 5.41) is 1.68. The van der Waals surface area contributed by atoms with Crippen LogP contribution in [0.4, 0.5) is 0 Å². The molecule has 0 radical (unpaired) electrons. The molecule has 3 nitrogen and oxygen atoms in total. The number of aryl methyl sites for hydroxylation is 1. The van der Waals surface area contributed by atoms with Gasteiger partial charge in [-0.25, -0.2) is 5.01 Å². The van der Waals surface area contributed by atoms with E-state index in [1.54, 1.807) is 16.3 Å². The standard InChI is InChI=1S/C11H17BrN2OS/c1-14(2)13-11(15)6-4-3-5-9-7-8-10(12)16-9/h7-8H,3-6H2,1-2H3,(H,13,15). The van der Waals surface area contributed by atoms with Crippen molar-refractivity contribution >= 4 is 33.2 Å². The van der Waals surface area contributed by atoms with Crippen molar-refractivity contribution in [2.45, 2.75) is 25.7 Å². The maximum atomic E-state index is 11.3. The number of amides is 1. The lowest BCUT2D eigenvalue weighted by atomic mass is 10.1. The number of nitrogens with zero attached hydrogens (tertiary/aromatic N) is 1. The van der Waals surface area contributed by atoms with E-state index in [1.165, 1.54) is 8.66 Å². The van der Waals surface area contributed by atoms with E-state index in [1.807, 2.05) is 14.1 Å². The van der Waals surface area contributed by atoms with Gasteiger partial charge >= 0.3 is 0 Å². The molecule has 0 unspecified atom stereocenters. The van der Waals surface area contributed by atoms with Crippen molar-refractivity contribution < 1.29 is 4.79 Å². The van der Waals surface area contributed by atoms with Crippen molar-refractivity contribution in [1.29, 1.82) is 0 Å². The molecule has 0 atom stereocenters. The molecule has 16 heavy (non-hydrogen) atoms. The van der Waals surface area contributed by atoms with Crippen molar-refractivity contribution in [2.24, 2.45) is 0 Å². The van der Waals surface area contributed by atoms with Crippen molar-refractivity contribution in [1.82, 2.24) is 10.4 Å². The molecule has 0 saturated carbocycles. The lowest BCUT2D eigenvalue weighted by Gasteiger charge is -2.11. The first kappa shape index (κ1) is 13.7. The highest BCUT2D eigenvalue weighted by atomic mass is 79.9. The monoisotopic (exact) mass is 304 g/mol. The average Bonchev–Trinajstić information content (AvgIpc) is 2.58. The fourth-order valence-corrected chi connectivity index (χ4v) is 2.90. The highest BCUT2D eigenvalue weighted by Gasteiger charge is 2.02. The molecule has 1 aromatic heterocycles. The topological polar surface area (TPSA) is 32.3 Å². The van der Waals surface area contributed by atoms with Crippen LogP contribution in [0.2, 0.25) is 0 Å². The number of carbonyl (C=O) groups excluding carboxylic acids is 1. The van der Waals surface area contributed by atoms with Crippen LogP contribution in [0.25, 0.3) is 0 Å². The zero-order valence-electron chi connectivity index (χ0n) is 9.62. The zero-order chi connectivity index (χ0) is 12.0. The Bertz CT molecular complexity index is 338. The molecule has 0 aromatic carbocycles. The molecule has 1 amide bonds. The third-order valence-corrected chi connectivity index (χ3v) is 3.74. The Morgan fingerprint density at radius 1 is 1.44 bits per heavy atom. The first-order chi connectivity index (χ1) is 7.58. The van der Waals surface area contributed by atoms with E-state index >= 15 is 0 Å². The van der Waals surface area contributed by atoms with Gasteiger partial charge in [0.1, 0.15) is 0 Å². The van der Waals surface area contributed by atoms with Crippen LogP contribution in [0.15, 0.2) is 15.9 Å². The van der Waals surface area contributed by atoms with Crippen molar-refractivity contribution in [3.8, 4) is 0 Å². The summed E-state index contributed by atoms with van der Waals surface area (Å²) < 4.78 is 1.17. The number of hydrogen-bond donors (Lipinski definition) is 1. The Morgan fingerprint density at radius 3 is 2.75 bits per heavy atom. The van der Waals surface area contributed by atoms with Gasteiger partial charge in [0.05, 0.1) is 3.79 Å². The molecule has 0 bridgehead atoms. The predicted molar refractivity (Wildman–Crippen MR) is 71.4 cm³/mol. The summed E-state index contributed by atoms with van der Waals surface area (Å²) in [6.07, 6.45) is 3.67. The summed E-state index contributed by atoms with van der Waals surface area (Å²) in [6, 6.07) is 4.20. The fraction of sp³-hybridized carbons (Fsp3) is 0.545. The van der Waals surface area contributed by atoms with E-state index in [0.717, 1.165) is 19.3 Å². The normalized spacial score (nSPS) is 10.8. The molecular formula is C11H17BrN2OS. The Balaban J connectivity index is 2.10. The van der Waals surface area contributed by atoms with Crippen molar-refractivity contribution in [2.75, 3.05) is 14.1 Å². The minimum absolute atomic E-state index is 0.0948. The number of thiophene rings is 1. The van der Waals surface area contributed by atoms with E-state index in [0.29, 0.717) is 6.42 Å². The maximum absolute atomic E-state index is 11.3. The molecule has 0 spiro atoms. The molecule has 1 rings (SSSR count). The number of hydrogen-bond acceptors (Lipinski definition) is 3. The van der Waals surface area contributed by atoms with Gasteiger partial charge in [0.25, 0.3) is 0 Å². The second kappa shape index (κ2) is 7.04. The number of halogens is 1. The minimum atomic E-state index is 0.0948. The van der Waals surface area contributed by atoms with Crippen LogP contribution in [0.3, 0.4) is 0 Å². The van der Waals surface area contributed by atoms with Gasteiger partial charge < -0.3 is 0 Å². The van der Waals surface area contributed by atoms with Crippen LogP contribution in [-0.2, 0) is 11.2 Å². The number of rotatable bonds is 6. The van der Waals surface area contributed by atoms with Gasteiger partial charge in [-0.2, -0.15) is 0 Å². The molecule has 0 aliphatic rings. The van der Waals surface area contributed by atoms with Crippen LogP contribution in [-0.4, -0.2) is 25.0 Å². The lowest BCUT2D eigenvalue weighted by molar-refractivity contribution is -0.124. The van der Waals surface area contributed by atoms with E-state index in [2.05, 4.69) is 33.5 Å². The van der Waals surface area contributed by atoms with Crippen LogP contribution in [0, 0.1) is 0 Å². The van der Waals surface area contributed by atoms with Crippen LogP contribution in [0.1, 0.15) is 24.1 Å². The second-order valence-electron chi connectivity index (χ2n) is 3.84. The van der Waals surface area contributed by atoms with Crippen molar-refractivity contribution in [3.05, 3.63) is 20.8 Å². The summed E-state index contributed by atoms with van der Waals surface area (Å²) >= 11 is 5.21. The molecule has 1 heterocycles. The lowest BCUT2D eigenvalue weighted by Crippen LogP contribution is -2.35. The first-order valence-corrected chi connectivity index (χ1v) is 6.90. The van der Waals surface area contributed by atoms with E-state index in [9.17, 15) is 4.79 Å². The summed E-state index contributed by atoms with van der Waals surface area (Å²) in [6.45, 7) is 0.